The van der Waals surface area contributed by atoms with Gasteiger partial charge < -0.3 is 10.1 Å². The molecule has 1 atom stereocenters. The lowest BCUT2D eigenvalue weighted by atomic mass is 10.0. The summed E-state index contributed by atoms with van der Waals surface area (Å²) in [6.45, 7) is 0.550. The molecule has 3 rings (SSSR count). The number of pyridine rings is 1. The molecule has 1 aliphatic rings. The number of para-hydroxylation sites is 1. The highest BCUT2D eigenvalue weighted by Gasteiger charge is 2.25. The molecule has 1 aromatic heterocycles. The van der Waals surface area contributed by atoms with Gasteiger partial charge in [0.05, 0.1) is 6.54 Å². The normalized spacial score (nSPS) is 15.8. The van der Waals surface area contributed by atoms with Gasteiger partial charge >= 0.3 is 0 Å². The smallest absolute Gasteiger partial charge is 0.220 e. The monoisotopic (exact) mass is 328 g/mol. The summed E-state index contributed by atoms with van der Waals surface area (Å²) in [5.41, 5.74) is 3.30. The van der Waals surface area contributed by atoms with Crippen LogP contribution in [0.3, 0.4) is 0 Å². The number of ether oxygens (including phenoxy) is 1. The van der Waals surface area contributed by atoms with Crippen molar-refractivity contribution < 1.29 is 9.53 Å². The lowest BCUT2D eigenvalue weighted by molar-refractivity contribution is -0.121. The lowest BCUT2D eigenvalue weighted by Gasteiger charge is -2.13. The second-order valence-electron chi connectivity index (χ2n) is 5.53. The van der Waals surface area contributed by atoms with E-state index in [4.69, 9.17) is 4.74 Å². The van der Waals surface area contributed by atoms with Gasteiger partial charge in [-0.15, -0.1) is 0 Å². The van der Waals surface area contributed by atoms with Gasteiger partial charge in [-0.05, 0) is 17.9 Å². The van der Waals surface area contributed by atoms with Crippen molar-refractivity contribution in [2.24, 2.45) is 0 Å². The molecule has 0 spiro atoms. The molecule has 23 heavy (non-hydrogen) atoms. The minimum absolute atomic E-state index is 0.000973. The first-order valence-electron chi connectivity index (χ1n) is 7.72. The molecule has 1 aliphatic heterocycles. The minimum atomic E-state index is 0.000973. The Morgan fingerprint density at radius 2 is 2.30 bits per heavy atom. The van der Waals surface area contributed by atoms with Crippen LogP contribution in [0.15, 0.2) is 42.7 Å². The number of benzene rings is 1. The zero-order chi connectivity index (χ0) is 16.1. The molecular weight excluding hydrogens is 308 g/mol. The first-order valence-corrected chi connectivity index (χ1v) is 9.12. The largest absolute Gasteiger partial charge is 0.487 e. The molecule has 4 nitrogen and oxygen atoms in total. The predicted octanol–water partition coefficient (Wildman–Crippen LogP) is 2.92. The second-order valence-corrected chi connectivity index (χ2v) is 6.51. The van der Waals surface area contributed by atoms with Crippen LogP contribution in [0, 0.1) is 0 Å². The van der Waals surface area contributed by atoms with E-state index in [0.29, 0.717) is 13.0 Å². The van der Waals surface area contributed by atoms with Gasteiger partial charge in [0.15, 0.2) is 0 Å². The van der Waals surface area contributed by atoms with Crippen LogP contribution in [0.25, 0.3) is 11.1 Å². The van der Waals surface area contributed by atoms with Crippen molar-refractivity contribution in [3.63, 3.8) is 0 Å². The van der Waals surface area contributed by atoms with E-state index in [-0.39, 0.29) is 12.0 Å². The molecule has 2 heterocycles. The Bertz CT molecular complexity index is 676. The molecule has 1 N–H and O–H groups in total. The Morgan fingerprint density at radius 3 is 3.09 bits per heavy atom. The fraction of sp³-hybridized carbons (Fsp3) is 0.333. The number of amides is 1. The van der Waals surface area contributed by atoms with Crippen LogP contribution in [-0.2, 0) is 11.2 Å². The average Bonchev–Trinajstić information content (AvgIpc) is 3.02. The third-order valence-corrected chi connectivity index (χ3v) is 4.47. The number of fused-ring (bicyclic) bond motifs is 1. The van der Waals surface area contributed by atoms with Crippen molar-refractivity contribution >= 4 is 17.7 Å². The Hall–Kier alpha value is -2.01. The van der Waals surface area contributed by atoms with Crippen molar-refractivity contribution in [1.29, 1.82) is 0 Å². The van der Waals surface area contributed by atoms with E-state index in [2.05, 4.69) is 22.4 Å². The molecular formula is C18H20N2O2S. The maximum absolute atomic E-state index is 11.7. The SMILES string of the molecule is CSCCC(=O)NC[C@@H]1Cc2cccc(-c3cccnc3)c2O1. The van der Waals surface area contributed by atoms with Crippen molar-refractivity contribution in [2.75, 3.05) is 18.6 Å². The number of carbonyl (C=O) groups excluding carboxylic acids is 1. The number of rotatable bonds is 6. The van der Waals surface area contributed by atoms with Gasteiger partial charge in [-0.1, -0.05) is 24.3 Å². The van der Waals surface area contributed by atoms with Crippen molar-refractivity contribution in [3.8, 4) is 16.9 Å². The Balaban J connectivity index is 1.66. The standard InChI is InChI=1S/C18H20N2O2S/c1-23-9-7-17(21)20-12-15-10-13-4-2-6-16(18(13)22-15)14-5-3-8-19-11-14/h2-6,8,11,15H,7,9-10,12H2,1H3,(H,20,21)/t15-/m0/s1. The number of aromatic nitrogens is 1. The summed E-state index contributed by atoms with van der Waals surface area (Å²) in [5.74, 6) is 1.86. The van der Waals surface area contributed by atoms with Gasteiger partial charge in [0.1, 0.15) is 11.9 Å². The summed E-state index contributed by atoms with van der Waals surface area (Å²) in [7, 11) is 0. The van der Waals surface area contributed by atoms with Gasteiger partial charge in [-0.2, -0.15) is 11.8 Å². The van der Waals surface area contributed by atoms with E-state index in [0.717, 1.165) is 29.1 Å². The topological polar surface area (TPSA) is 51.2 Å². The molecule has 2 aromatic rings. The zero-order valence-corrected chi connectivity index (χ0v) is 13.9. The molecule has 0 aliphatic carbocycles. The van der Waals surface area contributed by atoms with Gasteiger partial charge in [0.2, 0.25) is 5.91 Å². The Labute approximate surface area is 140 Å². The second kappa shape index (κ2) is 7.51. The highest BCUT2D eigenvalue weighted by atomic mass is 32.2. The molecule has 0 unspecified atom stereocenters. The van der Waals surface area contributed by atoms with Crippen LogP contribution in [0.2, 0.25) is 0 Å². The summed E-state index contributed by atoms with van der Waals surface area (Å²) >= 11 is 1.68. The van der Waals surface area contributed by atoms with Crippen LogP contribution in [0.4, 0.5) is 0 Å². The van der Waals surface area contributed by atoms with Crippen LogP contribution in [0.5, 0.6) is 5.75 Å². The van der Waals surface area contributed by atoms with Crippen molar-refractivity contribution in [3.05, 3.63) is 48.3 Å². The molecule has 120 valence electrons. The van der Waals surface area contributed by atoms with Gasteiger partial charge in [-0.3, -0.25) is 9.78 Å². The maximum Gasteiger partial charge on any atom is 0.220 e. The quantitative estimate of drug-likeness (QED) is 0.886. The first kappa shape index (κ1) is 15.9. The highest BCUT2D eigenvalue weighted by Crippen LogP contribution is 2.38. The summed E-state index contributed by atoms with van der Waals surface area (Å²) in [6.07, 6.45) is 7.00. The average molecular weight is 328 g/mol. The molecule has 0 fully saturated rings. The molecule has 0 radical (unpaired) electrons. The van der Waals surface area contributed by atoms with Crippen LogP contribution < -0.4 is 10.1 Å². The highest BCUT2D eigenvalue weighted by molar-refractivity contribution is 7.98. The third-order valence-electron chi connectivity index (χ3n) is 3.86. The van der Waals surface area contributed by atoms with E-state index in [9.17, 15) is 4.79 Å². The number of carbonyl (C=O) groups is 1. The van der Waals surface area contributed by atoms with Crippen LogP contribution >= 0.6 is 11.8 Å². The van der Waals surface area contributed by atoms with E-state index in [1.54, 1.807) is 18.0 Å². The molecule has 1 aromatic carbocycles. The Kier molecular flexibility index (Phi) is 5.18. The summed E-state index contributed by atoms with van der Waals surface area (Å²) in [5, 5.41) is 2.96. The number of hydrogen-bond acceptors (Lipinski definition) is 4. The van der Waals surface area contributed by atoms with Crippen LogP contribution in [0.1, 0.15) is 12.0 Å². The molecule has 1 amide bonds. The lowest BCUT2D eigenvalue weighted by Crippen LogP contribution is -2.34. The van der Waals surface area contributed by atoms with Gasteiger partial charge in [-0.25, -0.2) is 0 Å². The molecule has 5 heteroatoms. The Morgan fingerprint density at radius 1 is 1.39 bits per heavy atom. The minimum Gasteiger partial charge on any atom is -0.487 e. The summed E-state index contributed by atoms with van der Waals surface area (Å²) in [6, 6.07) is 10.1. The van der Waals surface area contributed by atoms with Gasteiger partial charge in [0, 0.05) is 42.1 Å². The summed E-state index contributed by atoms with van der Waals surface area (Å²) < 4.78 is 6.10. The molecule has 0 saturated heterocycles. The van der Waals surface area contributed by atoms with Gasteiger partial charge in [0.25, 0.3) is 0 Å². The number of hydrogen-bond donors (Lipinski definition) is 1. The third kappa shape index (κ3) is 3.85. The molecule has 0 bridgehead atoms. The number of nitrogens with zero attached hydrogens (tertiary/aromatic N) is 1. The summed E-state index contributed by atoms with van der Waals surface area (Å²) in [4.78, 5) is 15.9. The number of thioether (sulfide) groups is 1. The van der Waals surface area contributed by atoms with Crippen LogP contribution in [-0.4, -0.2) is 35.5 Å². The maximum atomic E-state index is 11.7. The zero-order valence-electron chi connectivity index (χ0n) is 13.1. The predicted molar refractivity (Wildman–Crippen MR) is 93.8 cm³/mol. The number of nitrogens with one attached hydrogen (secondary N) is 1. The van der Waals surface area contributed by atoms with E-state index < -0.39 is 0 Å². The molecule has 0 saturated carbocycles. The van der Waals surface area contributed by atoms with E-state index in [1.807, 2.05) is 30.7 Å². The van der Waals surface area contributed by atoms with Crippen molar-refractivity contribution in [2.45, 2.75) is 18.9 Å². The first-order chi connectivity index (χ1) is 11.3. The van der Waals surface area contributed by atoms with E-state index >= 15 is 0 Å². The van der Waals surface area contributed by atoms with Crippen molar-refractivity contribution in [1.82, 2.24) is 10.3 Å². The fourth-order valence-electron chi connectivity index (χ4n) is 2.71. The fourth-order valence-corrected chi connectivity index (χ4v) is 3.10. The van der Waals surface area contributed by atoms with E-state index in [1.165, 1.54) is 5.56 Å².